The first-order valence-electron chi connectivity index (χ1n) is 12.2. The fraction of sp³-hybridized carbons (Fsp3) is 0.654. The summed E-state index contributed by atoms with van der Waals surface area (Å²) in [6, 6.07) is 9.02. The molecule has 1 unspecified atom stereocenters. The maximum Gasteiger partial charge on any atom is 0.223 e. The van der Waals surface area contributed by atoms with E-state index in [0.29, 0.717) is 6.04 Å². The van der Waals surface area contributed by atoms with E-state index < -0.39 is 0 Å². The van der Waals surface area contributed by atoms with E-state index >= 15 is 0 Å². The van der Waals surface area contributed by atoms with E-state index in [1.807, 2.05) is 0 Å². The van der Waals surface area contributed by atoms with Crippen LogP contribution < -0.4 is 5.32 Å². The van der Waals surface area contributed by atoms with Crippen molar-refractivity contribution in [3.63, 3.8) is 0 Å². The lowest BCUT2D eigenvalue weighted by Gasteiger charge is -2.54. The highest BCUT2D eigenvalue weighted by Crippen LogP contribution is 2.55. The molecule has 0 radical (unpaired) electrons. The molecule has 3 heterocycles. The van der Waals surface area contributed by atoms with Crippen LogP contribution in [0.15, 0.2) is 24.3 Å². The number of nitrogens with zero attached hydrogens (tertiary/aromatic N) is 1. The first kappa shape index (κ1) is 21.4. The molecule has 2 aliphatic rings. The van der Waals surface area contributed by atoms with Gasteiger partial charge in [0.2, 0.25) is 5.91 Å². The van der Waals surface area contributed by atoms with Crippen molar-refractivity contribution >= 4 is 16.8 Å². The van der Waals surface area contributed by atoms with Gasteiger partial charge in [-0.15, -0.1) is 0 Å². The molecule has 164 valence electrons. The maximum atomic E-state index is 13.3. The van der Waals surface area contributed by atoms with Gasteiger partial charge in [0.15, 0.2) is 0 Å². The number of unbranched alkanes of at least 4 members (excludes halogenated alkanes) is 3. The van der Waals surface area contributed by atoms with Gasteiger partial charge in [0.25, 0.3) is 0 Å². The number of hydrogen-bond donors (Lipinski definition) is 2. The number of benzene rings is 1. The van der Waals surface area contributed by atoms with Crippen molar-refractivity contribution in [3.05, 3.63) is 35.5 Å². The van der Waals surface area contributed by atoms with Crippen LogP contribution in [0.5, 0.6) is 0 Å². The Bertz CT molecular complexity index is 872. The van der Waals surface area contributed by atoms with Crippen molar-refractivity contribution < 1.29 is 4.79 Å². The smallest absolute Gasteiger partial charge is 0.223 e. The van der Waals surface area contributed by atoms with Crippen molar-refractivity contribution in [2.24, 2.45) is 11.3 Å². The first-order valence-corrected chi connectivity index (χ1v) is 12.2. The van der Waals surface area contributed by atoms with Gasteiger partial charge < -0.3 is 10.3 Å². The maximum absolute atomic E-state index is 13.3. The number of aromatic amines is 1. The molecule has 4 nitrogen and oxygen atoms in total. The molecule has 30 heavy (non-hydrogen) atoms. The fourth-order valence-electron chi connectivity index (χ4n) is 6.24. The molecule has 0 saturated carbocycles. The number of piperidine rings is 1. The number of aromatic nitrogens is 1. The standard InChI is InChI=1S/C26H39N3O/c1-4-6-7-10-16-27-25(30)19(3)26(5-2)15-11-17-29-18-14-21-20-12-8-9-13-22(20)28-23(21)24(26)29/h8-9,12-13,19,24,28H,4-7,10-11,14-18H2,1-3H3,(H,27,30)/t19?,24-,26+/m1/s1. The molecule has 4 rings (SSSR count). The molecule has 1 aromatic heterocycles. The number of rotatable bonds is 8. The third kappa shape index (κ3) is 3.68. The Morgan fingerprint density at radius 3 is 2.87 bits per heavy atom. The molecule has 1 amide bonds. The number of hydrogen-bond acceptors (Lipinski definition) is 2. The van der Waals surface area contributed by atoms with Gasteiger partial charge in [-0.1, -0.05) is 58.2 Å². The summed E-state index contributed by atoms with van der Waals surface area (Å²) in [6.45, 7) is 9.77. The SMILES string of the molecule is CCCCCCNC(=O)C(C)[C@]1(CC)CCCN2CCc3c([nH]c4ccccc34)[C@@H]21. The van der Waals surface area contributed by atoms with Crippen LogP contribution in [-0.2, 0) is 11.2 Å². The summed E-state index contributed by atoms with van der Waals surface area (Å²) >= 11 is 0. The fourth-order valence-corrected chi connectivity index (χ4v) is 6.24. The minimum Gasteiger partial charge on any atom is -0.357 e. The van der Waals surface area contributed by atoms with Crippen molar-refractivity contribution in [2.45, 2.75) is 78.2 Å². The first-order chi connectivity index (χ1) is 14.6. The number of carbonyl (C=O) groups is 1. The third-order valence-electron chi connectivity index (χ3n) is 8.01. The van der Waals surface area contributed by atoms with Gasteiger partial charge in [0, 0.05) is 41.0 Å². The minimum atomic E-state index is -0.0121. The lowest BCUT2D eigenvalue weighted by atomic mass is 9.61. The van der Waals surface area contributed by atoms with Crippen LogP contribution in [0.1, 0.15) is 83.0 Å². The molecule has 1 fully saturated rings. The molecule has 4 heteroatoms. The summed E-state index contributed by atoms with van der Waals surface area (Å²) in [6.07, 6.45) is 9.24. The van der Waals surface area contributed by atoms with Gasteiger partial charge in [0.05, 0.1) is 6.04 Å². The van der Waals surface area contributed by atoms with Gasteiger partial charge in [-0.2, -0.15) is 0 Å². The Morgan fingerprint density at radius 1 is 1.23 bits per heavy atom. The number of carbonyl (C=O) groups excluding carboxylic acids is 1. The Balaban J connectivity index is 1.62. The molecule has 0 spiro atoms. The molecular formula is C26H39N3O. The Hall–Kier alpha value is -1.81. The number of para-hydroxylation sites is 1. The third-order valence-corrected chi connectivity index (χ3v) is 8.01. The zero-order chi connectivity index (χ0) is 21.1. The van der Waals surface area contributed by atoms with Crippen LogP contribution in [0.25, 0.3) is 10.9 Å². The quantitative estimate of drug-likeness (QED) is 0.558. The Labute approximate surface area is 181 Å². The summed E-state index contributed by atoms with van der Waals surface area (Å²) in [4.78, 5) is 19.7. The molecule has 3 atom stereocenters. The summed E-state index contributed by atoms with van der Waals surface area (Å²) < 4.78 is 0. The lowest BCUT2D eigenvalue weighted by molar-refractivity contribution is -0.134. The van der Waals surface area contributed by atoms with Gasteiger partial charge in [0.1, 0.15) is 0 Å². The molecule has 2 N–H and O–H groups in total. The summed E-state index contributed by atoms with van der Waals surface area (Å²) in [5.74, 6) is 0.261. The second kappa shape index (κ2) is 9.13. The minimum absolute atomic E-state index is 0.0121. The highest BCUT2D eigenvalue weighted by Gasteiger charge is 2.52. The van der Waals surface area contributed by atoms with Crippen molar-refractivity contribution in [1.82, 2.24) is 15.2 Å². The highest BCUT2D eigenvalue weighted by atomic mass is 16.1. The molecule has 0 aliphatic carbocycles. The van der Waals surface area contributed by atoms with Gasteiger partial charge in [-0.25, -0.2) is 0 Å². The molecule has 2 aliphatic heterocycles. The highest BCUT2D eigenvalue weighted by molar-refractivity contribution is 5.85. The Morgan fingerprint density at radius 2 is 2.07 bits per heavy atom. The number of amides is 1. The molecule has 1 aromatic carbocycles. The molecule has 2 aromatic rings. The summed E-state index contributed by atoms with van der Waals surface area (Å²) in [7, 11) is 0. The molecule has 1 saturated heterocycles. The Kier molecular flexibility index (Phi) is 6.52. The van der Waals surface area contributed by atoms with Gasteiger partial charge in [-0.3, -0.25) is 9.69 Å². The van der Waals surface area contributed by atoms with E-state index in [-0.39, 0.29) is 17.2 Å². The van der Waals surface area contributed by atoms with Crippen LogP contribution >= 0.6 is 0 Å². The van der Waals surface area contributed by atoms with E-state index in [4.69, 9.17) is 0 Å². The summed E-state index contributed by atoms with van der Waals surface area (Å²) in [5, 5.41) is 4.65. The van der Waals surface area contributed by atoms with Crippen LogP contribution in [-0.4, -0.2) is 35.4 Å². The monoisotopic (exact) mass is 409 g/mol. The predicted molar refractivity (Wildman–Crippen MR) is 125 cm³/mol. The van der Waals surface area contributed by atoms with Crippen LogP contribution in [0.2, 0.25) is 0 Å². The van der Waals surface area contributed by atoms with Crippen molar-refractivity contribution in [3.8, 4) is 0 Å². The van der Waals surface area contributed by atoms with Gasteiger partial charge >= 0.3 is 0 Å². The number of H-pyrrole nitrogens is 1. The van der Waals surface area contributed by atoms with Crippen molar-refractivity contribution in [1.29, 1.82) is 0 Å². The average molecular weight is 410 g/mol. The molecule has 0 bridgehead atoms. The van der Waals surface area contributed by atoms with E-state index in [1.165, 1.54) is 47.8 Å². The van der Waals surface area contributed by atoms with E-state index in [2.05, 4.69) is 60.2 Å². The average Bonchev–Trinajstić information content (AvgIpc) is 3.16. The van der Waals surface area contributed by atoms with E-state index in [0.717, 1.165) is 45.3 Å². The summed E-state index contributed by atoms with van der Waals surface area (Å²) in [5.41, 5.74) is 4.10. The van der Waals surface area contributed by atoms with Crippen LogP contribution in [0.3, 0.4) is 0 Å². The lowest BCUT2D eigenvalue weighted by Crippen LogP contribution is -2.54. The number of fused-ring (bicyclic) bond motifs is 5. The predicted octanol–water partition coefficient (Wildman–Crippen LogP) is 5.59. The van der Waals surface area contributed by atoms with Crippen LogP contribution in [0, 0.1) is 11.3 Å². The van der Waals surface area contributed by atoms with Crippen LogP contribution in [0.4, 0.5) is 0 Å². The van der Waals surface area contributed by atoms with E-state index in [1.54, 1.807) is 0 Å². The zero-order valence-corrected chi connectivity index (χ0v) is 19.1. The molecular weight excluding hydrogens is 370 g/mol. The zero-order valence-electron chi connectivity index (χ0n) is 19.1. The number of nitrogens with one attached hydrogen (secondary N) is 2. The van der Waals surface area contributed by atoms with Crippen molar-refractivity contribution in [2.75, 3.05) is 19.6 Å². The topological polar surface area (TPSA) is 48.1 Å². The second-order valence-corrected chi connectivity index (χ2v) is 9.51. The normalized spacial score (nSPS) is 25.0. The second-order valence-electron chi connectivity index (χ2n) is 9.51. The van der Waals surface area contributed by atoms with E-state index in [9.17, 15) is 4.79 Å². The largest absolute Gasteiger partial charge is 0.357 e. The van der Waals surface area contributed by atoms with Gasteiger partial charge in [-0.05, 0) is 50.3 Å².